The third-order valence-corrected chi connectivity index (χ3v) is 5.56. The molecule has 0 radical (unpaired) electrons. The first-order valence-corrected chi connectivity index (χ1v) is 10.4. The average Bonchev–Trinajstić information content (AvgIpc) is 2.68. The van der Waals surface area contributed by atoms with Crippen molar-refractivity contribution < 1.29 is 32.5 Å². The lowest BCUT2D eigenvalue weighted by Gasteiger charge is -2.16. The van der Waals surface area contributed by atoms with E-state index in [2.05, 4.69) is 4.72 Å². The Labute approximate surface area is 170 Å². The second kappa shape index (κ2) is 9.62. The molecule has 0 heterocycles. The van der Waals surface area contributed by atoms with Gasteiger partial charge in [0.1, 0.15) is 6.61 Å². The van der Waals surface area contributed by atoms with E-state index < -0.39 is 16.0 Å². The SMILES string of the molecule is COCCOc1cc(NS(=O)(=O)c2ccc(C(C)C)cc2)c(C(=O)O)cc1OC. The number of rotatable bonds is 10. The first kappa shape index (κ1) is 22.5. The molecule has 0 bridgehead atoms. The maximum atomic E-state index is 12.8. The van der Waals surface area contributed by atoms with Crippen LogP contribution in [0, 0.1) is 0 Å². The maximum Gasteiger partial charge on any atom is 0.337 e. The number of anilines is 1. The van der Waals surface area contributed by atoms with Crippen molar-refractivity contribution in [3.63, 3.8) is 0 Å². The van der Waals surface area contributed by atoms with E-state index in [4.69, 9.17) is 14.2 Å². The van der Waals surface area contributed by atoms with Crippen LogP contribution in [0.3, 0.4) is 0 Å². The van der Waals surface area contributed by atoms with E-state index in [0.29, 0.717) is 6.61 Å². The Morgan fingerprint density at radius 2 is 1.72 bits per heavy atom. The number of benzene rings is 2. The summed E-state index contributed by atoms with van der Waals surface area (Å²) >= 11 is 0. The zero-order valence-electron chi connectivity index (χ0n) is 16.8. The normalized spacial score (nSPS) is 11.3. The van der Waals surface area contributed by atoms with Crippen molar-refractivity contribution in [2.24, 2.45) is 0 Å². The number of carboxylic acids is 1. The van der Waals surface area contributed by atoms with Gasteiger partial charge in [0, 0.05) is 19.2 Å². The van der Waals surface area contributed by atoms with Crippen molar-refractivity contribution in [3.8, 4) is 11.5 Å². The molecular weight excluding hydrogens is 398 g/mol. The highest BCUT2D eigenvalue weighted by Crippen LogP contribution is 2.35. The molecule has 0 atom stereocenters. The van der Waals surface area contributed by atoms with Gasteiger partial charge in [0.2, 0.25) is 0 Å². The number of nitrogens with one attached hydrogen (secondary N) is 1. The molecule has 29 heavy (non-hydrogen) atoms. The van der Waals surface area contributed by atoms with E-state index in [0.717, 1.165) is 5.56 Å². The van der Waals surface area contributed by atoms with Crippen LogP contribution < -0.4 is 14.2 Å². The number of hydrogen-bond acceptors (Lipinski definition) is 6. The van der Waals surface area contributed by atoms with Crippen LogP contribution in [-0.2, 0) is 14.8 Å². The molecule has 0 unspecified atom stereocenters. The molecule has 0 aliphatic carbocycles. The van der Waals surface area contributed by atoms with E-state index in [1.54, 1.807) is 12.1 Å². The van der Waals surface area contributed by atoms with Gasteiger partial charge in [-0.05, 0) is 23.6 Å². The topological polar surface area (TPSA) is 111 Å². The molecule has 0 aliphatic heterocycles. The average molecular weight is 423 g/mol. The molecule has 2 aromatic rings. The largest absolute Gasteiger partial charge is 0.493 e. The van der Waals surface area contributed by atoms with Crippen LogP contribution in [0.2, 0.25) is 0 Å². The summed E-state index contributed by atoms with van der Waals surface area (Å²) in [6.45, 7) is 4.49. The predicted octanol–water partition coefficient (Wildman–Crippen LogP) is 3.34. The van der Waals surface area contributed by atoms with Crippen LogP contribution >= 0.6 is 0 Å². The molecule has 0 spiro atoms. The molecule has 0 aliphatic rings. The molecule has 0 saturated carbocycles. The fourth-order valence-electron chi connectivity index (χ4n) is 2.56. The van der Waals surface area contributed by atoms with Crippen molar-refractivity contribution >= 4 is 21.7 Å². The minimum absolute atomic E-state index is 0.0240. The Morgan fingerprint density at radius 3 is 2.24 bits per heavy atom. The van der Waals surface area contributed by atoms with E-state index in [9.17, 15) is 18.3 Å². The van der Waals surface area contributed by atoms with Crippen molar-refractivity contribution in [1.29, 1.82) is 0 Å². The minimum Gasteiger partial charge on any atom is -0.493 e. The molecule has 158 valence electrons. The van der Waals surface area contributed by atoms with E-state index >= 15 is 0 Å². The summed E-state index contributed by atoms with van der Waals surface area (Å²) in [7, 11) is -1.13. The number of ether oxygens (including phenoxy) is 3. The number of sulfonamides is 1. The third-order valence-electron chi connectivity index (χ3n) is 4.18. The highest BCUT2D eigenvalue weighted by molar-refractivity contribution is 7.92. The summed E-state index contributed by atoms with van der Waals surface area (Å²) < 4.78 is 43.5. The lowest BCUT2D eigenvalue weighted by Crippen LogP contribution is -2.16. The maximum absolute atomic E-state index is 12.8. The van der Waals surface area contributed by atoms with Gasteiger partial charge in [-0.25, -0.2) is 13.2 Å². The van der Waals surface area contributed by atoms with Gasteiger partial charge in [-0.1, -0.05) is 26.0 Å². The first-order chi connectivity index (χ1) is 13.7. The highest BCUT2D eigenvalue weighted by atomic mass is 32.2. The molecule has 0 fully saturated rings. The second-order valence-electron chi connectivity index (χ2n) is 6.52. The van der Waals surface area contributed by atoms with Crippen molar-refractivity contribution in [3.05, 3.63) is 47.5 Å². The van der Waals surface area contributed by atoms with Crippen molar-refractivity contribution in [2.75, 3.05) is 32.2 Å². The summed E-state index contributed by atoms with van der Waals surface area (Å²) in [5.41, 5.74) is 0.607. The Balaban J connectivity index is 2.42. The number of methoxy groups -OCH3 is 2. The van der Waals surface area contributed by atoms with E-state index in [1.165, 1.54) is 38.5 Å². The van der Waals surface area contributed by atoms with Crippen LogP contribution in [0.4, 0.5) is 5.69 Å². The first-order valence-electron chi connectivity index (χ1n) is 8.89. The van der Waals surface area contributed by atoms with Gasteiger partial charge in [0.25, 0.3) is 10.0 Å². The highest BCUT2D eigenvalue weighted by Gasteiger charge is 2.22. The van der Waals surface area contributed by atoms with Crippen LogP contribution in [-0.4, -0.2) is 46.9 Å². The molecular formula is C20H25NO7S. The van der Waals surface area contributed by atoms with Crippen molar-refractivity contribution in [2.45, 2.75) is 24.7 Å². The van der Waals surface area contributed by atoms with Gasteiger partial charge < -0.3 is 19.3 Å². The summed E-state index contributed by atoms with van der Waals surface area (Å²) in [5.74, 6) is -0.684. The number of aromatic carboxylic acids is 1. The van der Waals surface area contributed by atoms with Crippen LogP contribution in [0.15, 0.2) is 41.3 Å². The molecule has 0 saturated heterocycles. The monoisotopic (exact) mass is 423 g/mol. The quantitative estimate of drug-likeness (QED) is 0.564. The Kier molecular flexibility index (Phi) is 7.46. The standard InChI is InChI=1S/C20H25NO7S/c1-13(2)14-5-7-15(8-6-14)29(24,25)21-17-12-19(28-10-9-26-3)18(27-4)11-16(17)20(22)23/h5-8,11-13,21H,9-10H2,1-4H3,(H,22,23). The molecule has 0 aromatic heterocycles. The van der Waals surface area contributed by atoms with Gasteiger partial charge in [-0.2, -0.15) is 0 Å². The Bertz CT molecular complexity index is 954. The van der Waals surface area contributed by atoms with Crippen LogP contribution in [0.25, 0.3) is 0 Å². The summed E-state index contributed by atoms with van der Waals surface area (Å²) in [5, 5.41) is 9.50. The van der Waals surface area contributed by atoms with Gasteiger partial charge >= 0.3 is 5.97 Å². The number of hydrogen-bond donors (Lipinski definition) is 2. The summed E-state index contributed by atoms with van der Waals surface area (Å²) in [6.07, 6.45) is 0. The molecule has 0 amide bonds. The molecule has 9 heteroatoms. The van der Waals surface area contributed by atoms with Crippen molar-refractivity contribution in [1.82, 2.24) is 0 Å². The van der Waals surface area contributed by atoms with E-state index in [-0.39, 0.29) is 40.2 Å². The Morgan fingerprint density at radius 1 is 1.07 bits per heavy atom. The van der Waals surface area contributed by atoms with E-state index in [1.807, 2.05) is 13.8 Å². The molecule has 2 rings (SSSR count). The lowest BCUT2D eigenvalue weighted by atomic mass is 10.0. The number of carboxylic acid groups (broad SMARTS) is 1. The smallest absolute Gasteiger partial charge is 0.337 e. The minimum atomic E-state index is -4.01. The molecule has 2 aromatic carbocycles. The van der Waals surface area contributed by atoms with Crippen LogP contribution in [0.5, 0.6) is 11.5 Å². The third kappa shape index (κ3) is 5.61. The van der Waals surface area contributed by atoms with Gasteiger partial charge in [-0.15, -0.1) is 0 Å². The molecule has 8 nitrogen and oxygen atoms in total. The fourth-order valence-corrected chi connectivity index (χ4v) is 3.63. The molecule has 2 N–H and O–H groups in total. The van der Waals surface area contributed by atoms with Gasteiger partial charge in [-0.3, -0.25) is 4.72 Å². The predicted molar refractivity (Wildman–Crippen MR) is 109 cm³/mol. The lowest BCUT2D eigenvalue weighted by molar-refractivity contribution is 0.0697. The summed E-state index contributed by atoms with van der Waals surface area (Å²) in [6, 6.07) is 8.92. The summed E-state index contributed by atoms with van der Waals surface area (Å²) in [4.78, 5) is 11.7. The fraction of sp³-hybridized carbons (Fsp3) is 0.350. The van der Waals surface area contributed by atoms with Gasteiger partial charge in [0.15, 0.2) is 11.5 Å². The zero-order chi connectivity index (χ0) is 21.6. The zero-order valence-corrected chi connectivity index (χ0v) is 17.6. The Hall–Kier alpha value is -2.78. The van der Waals surface area contributed by atoms with Crippen LogP contribution in [0.1, 0.15) is 35.7 Å². The van der Waals surface area contributed by atoms with Gasteiger partial charge in [0.05, 0.1) is 29.9 Å². The second-order valence-corrected chi connectivity index (χ2v) is 8.21. The number of carbonyl (C=O) groups is 1.